The molecule has 0 saturated heterocycles. The van der Waals surface area contributed by atoms with Gasteiger partial charge in [0.1, 0.15) is 18.2 Å². The third kappa shape index (κ3) is 6.52. The first-order valence-corrected chi connectivity index (χ1v) is 13.1. The average molecular weight is 538 g/mol. The van der Waals surface area contributed by atoms with Crippen LogP contribution in [0.4, 0.5) is 10.1 Å². The largest absolute Gasteiger partial charge is 0.363 e. The zero-order valence-corrected chi connectivity index (χ0v) is 23.0. The SMILES string of the molecule is C[C@@H](NC(=O)c1cc(NCOC(C)(C)C)cc(-c2cnc(-c3cc4ccccc4cn3)[nH]2)c1)c1ccc(F)cc1. The number of amides is 1. The lowest BCUT2D eigenvalue weighted by Crippen LogP contribution is -2.27. The third-order valence-electron chi connectivity index (χ3n) is 6.45. The molecule has 0 unspecified atom stereocenters. The van der Waals surface area contributed by atoms with Crippen LogP contribution in [0.25, 0.3) is 33.5 Å². The van der Waals surface area contributed by atoms with Gasteiger partial charge in [-0.05, 0) is 75.0 Å². The van der Waals surface area contributed by atoms with Crippen molar-refractivity contribution in [2.45, 2.75) is 39.3 Å². The van der Waals surface area contributed by atoms with Gasteiger partial charge in [0.25, 0.3) is 5.91 Å². The van der Waals surface area contributed by atoms with E-state index in [1.807, 2.05) is 76.4 Å². The Hall–Kier alpha value is -4.56. The van der Waals surface area contributed by atoms with Crippen molar-refractivity contribution in [3.8, 4) is 22.8 Å². The summed E-state index contributed by atoms with van der Waals surface area (Å²) in [6.07, 6.45) is 3.57. The fourth-order valence-electron chi connectivity index (χ4n) is 4.28. The molecule has 8 heteroatoms. The zero-order valence-electron chi connectivity index (χ0n) is 23.0. The first-order chi connectivity index (χ1) is 19.1. The monoisotopic (exact) mass is 537 g/mol. The van der Waals surface area contributed by atoms with Crippen LogP contribution in [0.3, 0.4) is 0 Å². The first kappa shape index (κ1) is 27.0. The quantitative estimate of drug-likeness (QED) is 0.184. The summed E-state index contributed by atoms with van der Waals surface area (Å²) in [5.74, 6) is 0.0569. The van der Waals surface area contributed by atoms with E-state index >= 15 is 0 Å². The molecule has 204 valence electrons. The maximum absolute atomic E-state index is 13.4. The number of aromatic nitrogens is 3. The molecule has 7 nitrogen and oxygen atoms in total. The number of aromatic amines is 1. The molecule has 1 amide bonds. The van der Waals surface area contributed by atoms with Crippen molar-refractivity contribution in [3.63, 3.8) is 0 Å². The van der Waals surface area contributed by atoms with Crippen molar-refractivity contribution in [1.82, 2.24) is 20.3 Å². The highest BCUT2D eigenvalue weighted by molar-refractivity contribution is 5.97. The number of carbonyl (C=O) groups is 1. The number of nitrogens with one attached hydrogen (secondary N) is 3. The number of carbonyl (C=O) groups excluding carboxylic acids is 1. The number of benzene rings is 3. The minimum absolute atomic E-state index is 0.255. The molecule has 5 aromatic rings. The molecule has 5 rings (SSSR count). The highest BCUT2D eigenvalue weighted by Crippen LogP contribution is 2.27. The lowest BCUT2D eigenvalue weighted by molar-refractivity contribution is 0.00845. The standard InChI is InChI=1S/C32H32FN5O2/c1-20(21-9-11-26(33)12-10-21)37-31(39)25-13-24(14-27(15-25)36-19-40-32(2,3)4)29-18-35-30(38-29)28-16-22-7-5-6-8-23(22)17-34-28/h5-18,20,36H,19H2,1-4H3,(H,35,38)(H,37,39)/t20-/m1/s1. The molecule has 0 spiro atoms. The topological polar surface area (TPSA) is 91.9 Å². The van der Waals surface area contributed by atoms with Crippen LogP contribution in [0.15, 0.2) is 85.2 Å². The molecule has 1 atom stereocenters. The summed E-state index contributed by atoms with van der Waals surface area (Å²) in [6.45, 7) is 8.08. The van der Waals surface area contributed by atoms with Gasteiger partial charge in [-0.3, -0.25) is 9.78 Å². The number of anilines is 1. The molecule has 0 fully saturated rings. The van der Waals surface area contributed by atoms with E-state index in [0.717, 1.165) is 39.0 Å². The molecular formula is C32H32FN5O2. The Morgan fingerprint density at radius 3 is 2.48 bits per heavy atom. The van der Waals surface area contributed by atoms with Gasteiger partial charge in [-0.25, -0.2) is 9.37 Å². The van der Waals surface area contributed by atoms with Crippen LogP contribution in [-0.4, -0.2) is 33.2 Å². The van der Waals surface area contributed by atoms with Gasteiger partial charge in [-0.2, -0.15) is 0 Å². The van der Waals surface area contributed by atoms with Crippen molar-refractivity contribution in [1.29, 1.82) is 0 Å². The Morgan fingerprint density at radius 1 is 0.975 bits per heavy atom. The molecule has 3 aromatic carbocycles. The van der Waals surface area contributed by atoms with Crippen LogP contribution in [-0.2, 0) is 4.74 Å². The lowest BCUT2D eigenvalue weighted by Gasteiger charge is -2.21. The Labute approximate surface area is 232 Å². The van der Waals surface area contributed by atoms with Crippen LogP contribution in [0, 0.1) is 5.82 Å². The lowest BCUT2D eigenvalue weighted by atomic mass is 10.0. The highest BCUT2D eigenvalue weighted by atomic mass is 19.1. The number of nitrogens with zero attached hydrogens (tertiary/aromatic N) is 2. The van der Waals surface area contributed by atoms with Crippen molar-refractivity contribution in [2.75, 3.05) is 12.0 Å². The van der Waals surface area contributed by atoms with Crippen LogP contribution in [0.5, 0.6) is 0 Å². The van der Waals surface area contributed by atoms with Gasteiger partial charge in [0.05, 0.1) is 23.5 Å². The molecular weight excluding hydrogens is 505 g/mol. The van der Waals surface area contributed by atoms with Crippen molar-refractivity contribution in [3.05, 3.63) is 102 Å². The van der Waals surface area contributed by atoms with Crippen LogP contribution in [0.1, 0.15) is 49.7 Å². The third-order valence-corrected chi connectivity index (χ3v) is 6.45. The summed E-state index contributed by atoms with van der Waals surface area (Å²) in [5, 5.41) is 8.41. The Kier molecular flexibility index (Phi) is 7.62. The van der Waals surface area contributed by atoms with E-state index in [1.54, 1.807) is 24.4 Å². The molecule has 0 aliphatic rings. The van der Waals surface area contributed by atoms with Gasteiger partial charge >= 0.3 is 0 Å². The fraction of sp³-hybridized carbons (Fsp3) is 0.219. The van der Waals surface area contributed by atoms with E-state index < -0.39 is 0 Å². The highest BCUT2D eigenvalue weighted by Gasteiger charge is 2.16. The average Bonchev–Trinajstić information content (AvgIpc) is 3.43. The summed E-state index contributed by atoms with van der Waals surface area (Å²) in [7, 11) is 0. The Balaban J connectivity index is 1.43. The van der Waals surface area contributed by atoms with E-state index in [4.69, 9.17) is 4.74 Å². The molecule has 3 N–H and O–H groups in total. The van der Waals surface area contributed by atoms with Gasteiger partial charge in [-0.1, -0.05) is 36.4 Å². The number of pyridine rings is 1. The second-order valence-corrected chi connectivity index (χ2v) is 10.7. The van der Waals surface area contributed by atoms with Gasteiger partial charge in [-0.15, -0.1) is 0 Å². The molecule has 0 aliphatic heterocycles. The van der Waals surface area contributed by atoms with Crippen LogP contribution < -0.4 is 10.6 Å². The molecule has 0 aliphatic carbocycles. The number of rotatable bonds is 8. The van der Waals surface area contributed by atoms with Crippen molar-refractivity contribution >= 4 is 22.4 Å². The van der Waals surface area contributed by atoms with Gasteiger partial charge < -0.3 is 20.4 Å². The summed E-state index contributed by atoms with van der Waals surface area (Å²) in [5.41, 5.74) is 3.92. The van der Waals surface area contributed by atoms with Crippen molar-refractivity contribution < 1.29 is 13.9 Å². The molecule has 2 aromatic heterocycles. The molecule has 0 saturated carbocycles. The number of halogens is 1. The maximum Gasteiger partial charge on any atom is 0.251 e. The van der Waals surface area contributed by atoms with E-state index in [1.165, 1.54) is 12.1 Å². The second-order valence-electron chi connectivity index (χ2n) is 10.7. The molecule has 0 bridgehead atoms. The minimum atomic E-state index is -0.319. The van der Waals surface area contributed by atoms with Gasteiger partial charge in [0.15, 0.2) is 5.82 Å². The number of H-pyrrole nitrogens is 1. The predicted octanol–water partition coefficient (Wildman–Crippen LogP) is 7.11. The van der Waals surface area contributed by atoms with E-state index in [-0.39, 0.29) is 30.1 Å². The molecule has 40 heavy (non-hydrogen) atoms. The summed E-state index contributed by atoms with van der Waals surface area (Å²) >= 11 is 0. The minimum Gasteiger partial charge on any atom is -0.363 e. The Morgan fingerprint density at radius 2 is 1.73 bits per heavy atom. The van der Waals surface area contributed by atoms with Gasteiger partial charge in [0.2, 0.25) is 0 Å². The number of imidazole rings is 1. The second kappa shape index (κ2) is 11.3. The fourth-order valence-corrected chi connectivity index (χ4v) is 4.28. The smallest absolute Gasteiger partial charge is 0.251 e. The number of fused-ring (bicyclic) bond motifs is 1. The van der Waals surface area contributed by atoms with Gasteiger partial charge in [0, 0.05) is 28.4 Å². The summed E-state index contributed by atoms with van der Waals surface area (Å²) in [4.78, 5) is 25.8. The van der Waals surface area contributed by atoms with Crippen LogP contribution >= 0.6 is 0 Å². The molecule has 2 heterocycles. The predicted molar refractivity (Wildman–Crippen MR) is 156 cm³/mol. The Bertz CT molecular complexity index is 1640. The number of hydrogen-bond acceptors (Lipinski definition) is 5. The van der Waals surface area contributed by atoms with Crippen molar-refractivity contribution in [2.24, 2.45) is 0 Å². The van der Waals surface area contributed by atoms with E-state index in [2.05, 4.69) is 25.6 Å². The van der Waals surface area contributed by atoms with E-state index in [9.17, 15) is 9.18 Å². The maximum atomic E-state index is 13.4. The number of hydrogen-bond donors (Lipinski definition) is 3. The van der Waals surface area contributed by atoms with Crippen LogP contribution in [0.2, 0.25) is 0 Å². The first-order valence-electron chi connectivity index (χ1n) is 13.1. The van der Waals surface area contributed by atoms with E-state index in [0.29, 0.717) is 11.4 Å². The summed E-state index contributed by atoms with van der Waals surface area (Å²) in [6, 6.07) is 21.4. The zero-order chi connectivity index (χ0) is 28.3. The normalized spacial score (nSPS) is 12.3. The summed E-state index contributed by atoms with van der Waals surface area (Å²) < 4.78 is 19.2. The molecule has 0 radical (unpaired) electrons. The number of ether oxygens (including phenoxy) is 1.